The van der Waals surface area contributed by atoms with Crippen molar-refractivity contribution >= 4 is 28.7 Å². The molecule has 1 heterocycles. The number of carbonyl (C=O) groups is 1. The van der Waals surface area contributed by atoms with Gasteiger partial charge in [-0.25, -0.2) is 4.79 Å². The first-order chi connectivity index (χ1) is 9.10. The molecule has 1 aromatic carbocycles. The highest BCUT2D eigenvalue weighted by atomic mass is 32.2. The van der Waals surface area contributed by atoms with Gasteiger partial charge >= 0.3 is 5.97 Å². The first kappa shape index (κ1) is 14.0. The van der Waals surface area contributed by atoms with E-state index < -0.39 is 5.97 Å². The van der Waals surface area contributed by atoms with Crippen molar-refractivity contribution in [3.63, 3.8) is 0 Å². The maximum Gasteiger partial charge on any atom is 0.371 e. The van der Waals surface area contributed by atoms with E-state index in [9.17, 15) is 4.79 Å². The predicted molar refractivity (Wildman–Crippen MR) is 75.6 cm³/mol. The van der Waals surface area contributed by atoms with Crippen LogP contribution in [0.5, 0.6) is 0 Å². The van der Waals surface area contributed by atoms with Gasteiger partial charge in [-0.05, 0) is 30.2 Å². The maximum absolute atomic E-state index is 10.8. The average Bonchev–Trinajstić information content (AvgIpc) is 2.80. The van der Waals surface area contributed by atoms with Crippen LogP contribution >= 0.6 is 11.8 Å². The van der Waals surface area contributed by atoms with E-state index in [4.69, 9.17) is 14.6 Å². The molecule has 0 aliphatic heterocycles. The van der Waals surface area contributed by atoms with Gasteiger partial charge in [0.25, 0.3) is 0 Å². The number of carboxylic acids is 1. The Bertz CT molecular complexity index is 576. The molecule has 0 spiro atoms. The molecular weight excluding hydrogens is 264 g/mol. The van der Waals surface area contributed by atoms with Crippen molar-refractivity contribution in [1.82, 2.24) is 0 Å². The van der Waals surface area contributed by atoms with Crippen LogP contribution in [-0.4, -0.2) is 28.0 Å². The van der Waals surface area contributed by atoms with Gasteiger partial charge in [0.2, 0.25) is 5.76 Å². The molecule has 19 heavy (non-hydrogen) atoms. The van der Waals surface area contributed by atoms with Crippen molar-refractivity contribution in [3.05, 3.63) is 35.6 Å². The number of fused-ring (bicyclic) bond motifs is 1. The topological polar surface area (TPSA) is 70.7 Å². The van der Waals surface area contributed by atoms with Crippen LogP contribution in [0.1, 0.15) is 29.5 Å². The van der Waals surface area contributed by atoms with Gasteiger partial charge in [0.1, 0.15) is 5.58 Å². The van der Waals surface area contributed by atoms with E-state index in [2.05, 4.69) is 6.92 Å². The molecule has 102 valence electrons. The SMILES string of the molecule is CC(CCO)SCc1ccc2oc(C(=O)O)cc2c1. The molecule has 4 nitrogen and oxygen atoms in total. The van der Waals surface area contributed by atoms with E-state index in [0.717, 1.165) is 23.1 Å². The molecule has 0 saturated heterocycles. The minimum absolute atomic E-state index is 0.0338. The lowest BCUT2D eigenvalue weighted by Gasteiger charge is -2.09. The highest BCUT2D eigenvalue weighted by Gasteiger charge is 2.11. The summed E-state index contributed by atoms with van der Waals surface area (Å²) in [5, 5.41) is 18.9. The van der Waals surface area contributed by atoms with E-state index in [1.807, 2.05) is 12.1 Å². The molecule has 1 unspecified atom stereocenters. The summed E-state index contributed by atoms with van der Waals surface area (Å²) in [5.74, 6) is -0.248. The predicted octanol–water partition coefficient (Wildman–Crippen LogP) is 3.14. The highest BCUT2D eigenvalue weighted by Crippen LogP contribution is 2.25. The first-order valence-electron chi connectivity index (χ1n) is 6.08. The number of furan rings is 1. The minimum Gasteiger partial charge on any atom is -0.475 e. The molecule has 1 atom stereocenters. The van der Waals surface area contributed by atoms with Gasteiger partial charge in [-0.15, -0.1) is 0 Å². The smallest absolute Gasteiger partial charge is 0.371 e. The minimum atomic E-state index is -1.05. The lowest BCUT2D eigenvalue weighted by atomic mass is 10.2. The zero-order chi connectivity index (χ0) is 13.8. The van der Waals surface area contributed by atoms with Gasteiger partial charge in [-0.2, -0.15) is 11.8 Å². The summed E-state index contributed by atoms with van der Waals surface area (Å²) in [4.78, 5) is 10.8. The van der Waals surface area contributed by atoms with E-state index in [1.54, 1.807) is 23.9 Å². The van der Waals surface area contributed by atoms with Gasteiger partial charge in [-0.3, -0.25) is 0 Å². The molecule has 0 bridgehead atoms. The lowest BCUT2D eigenvalue weighted by Crippen LogP contribution is -1.99. The number of rotatable bonds is 6. The number of aromatic carboxylic acids is 1. The van der Waals surface area contributed by atoms with Gasteiger partial charge < -0.3 is 14.6 Å². The van der Waals surface area contributed by atoms with Gasteiger partial charge in [0, 0.05) is 23.0 Å². The third kappa shape index (κ3) is 3.52. The number of thioether (sulfide) groups is 1. The summed E-state index contributed by atoms with van der Waals surface area (Å²) in [6.45, 7) is 2.29. The summed E-state index contributed by atoms with van der Waals surface area (Å²) in [5.41, 5.74) is 1.72. The van der Waals surface area contributed by atoms with Crippen molar-refractivity contribution in [1.29, 1.82) is 0 Å². The molecule has 1 aromatic heterocycles. The van der Waals surface area contributed by atoms with Crippen LogP contribution in [0.2, 0.25) is 0 Å². The Kier molecular flexibility index (Phi) is 4.50. The fourth-order valence-corrected chi connectivity index (χ4v) is 2.72. The van der Waals surface area contributed by atoms with E-state index in [-0.39, 0.29) is 12.4 Å². The lowest BCUT2D eigenvalue weighted by molar-refractivity contribution is 0.0665. The van der Waals surface area contributed by atoms with Crippen molar-refractivity contribution in [3.8, 4) is 0 Å². The average molecular weight is 280 g/mol. The van der Waals surface area contributed by atoms with Gasteiger partial charge in [-0.1, -0.05) is 13.0 Å². The Morgan fingerprint density at radius 3 is 2.89 bits per heavy atom. The summed E-state index contributed by atoms with van der Waals surface area (Å²) in [6.07, 6.45) is 0.780. The van der Waals surface area contributed by atoms with Crippen LogP contribution in [0.3, 0.4) is 0 Å². The Morgan fingerprint density at radius 2 is 2.21 bits per heavy atom. The van der Waals surface area contributed by atoms with Crippen LogP contribution in [0.4, 0.5) is 0 Å². The van der Waals surface area contributed by atoms with Crippen molar-refractivity contribution in [2.45, 2.75) is 24.3 Å². The second kappa shape index (κ2) is 6.12. The quantitative estimate of drug-likeness (QED) is 0.850. The van der Waals surface area contributed by atoms with Gasteiger partial charge in [0.05, 0.1) is 0 Å². The Morgan fingerprint density at radius 1 is 1.42 bits per heavy atom. The number of carboxylic acid groups (broad SMARTS) is 1. The standard InChI is InChI=1S/C14H16O4S/c1-9(4-5-15)19-8-10-2-3-12-11(6-10)7-13(18-12)14(16)17/h2-3,6-7,9,15H,4-5,8H2,1H3,(H,16,17). The van der Waals surface area contributed by atoms with Crippen LogP contribution < -0.4 is 0 Å². The fraction of sp³-hybridized carbons (Fsp3) is 0.357. The molecule has 2 rings (SSSR count). The molecule has 2 aromatic rings. The fourth-order valence-electron chi connectivity index (χ4n) is 1.79. The summed E-state index contributed by atoms with van der Waals surface area (Å²) < 4.78 is 5.21. The molecule has 0 radical (unpaired) electrons. The largest absolute Gasteiger partial charge is 0.475 e. The number of aliphatic hydroxyl groups is 1. The molecule has 5 heteroatoms. The second-order valence-electron chi connectivity index (χ2n) is 4.42. The van der Waals surface area contributed by atoms with Crippen LogP contribution in [0.25, 0.3) is 11.0 Å². The number of aliphatic hydroxyl groups excluding tert-OH is 1. The third-order valence-corrected chi connectivity index (χ3v) is 4.17. The van der Waals surface area contributed by atoms with Gasteiger partial charge in [0.15, 0.2) is 0 Å². The van der Waals surface area contributed by atoms with Crippen molar-refractivity contribution in [2.75, 3.05) is 6.61 Å². The zero-order valence-corrected chi connectivity index (χ0v) is 11.4. The Balaban J connectivity index is 2.10. The molecule has 0 aliphatic carbocycles. The summed E-state index contributed by atoms with van der Waals surface area (Å²) in [6, 6.07) is 7.23. The maximum atomic E-state index is 10.8. The second-order valence-corrected chi connectivity index (χ2v) is 5.85. The van der Waals surface area contributed by atoms with E-state index >= 15 is 0 Å². The Labute approximate surface area is 115 Å². The number of hydrogen-bond donors (Lipinski definition) is 2. The van der Waals surface area contributed by atoms with Crippen LogP contribution in [0, 0.1) is 0 Å². The van der Waals surface area contributed by atoms with E-state index in [1.165, 1.54) is 0 Å². The highest BCUT2D eigenvalue weighted by molar-refractivity contribution is 7.99. The van der Waals surface area contributed by atoms with Crippen molar-refractivity contribution < 1.29 is 19.4 Å². The third-order valence-electron chi connectivity index (χ3n) is 2.86. The molecule has 2 N–H and O–H groups in total. The molecule has 0 fully saturated rings. The molecule has 0 aliphatic rings. The van der Waals surface area contributed by atoms with Crippen molar-refractivity contribution in [2.24, 2.45) is 0 Å². The summed E-state index contributed by atoms with van der Waals surface area (Å²) in [7, 11) is 0. The number of hydrogen-bond acceptors (Lipinski definition) is 4. The normalized spacial score (nSPS) is 12.7. The monoisotopic (exact) mass is 280 g/mol. The van der Waals surface area contributed by atoms with Crippen LogP contribution in [-0.2, 0) is 5.75 Å². The summed E-state index contributed by atoms with van der Waals surface area (Å²) >= 11 is 1.77. The molecule has 0 saturated carbocycles. The molecular formula is C14H16O4S. The Hall–Kier alpha value is -1.46. The zero-order valence-electron chi connectivity index (χ0n) is 10.6. The molecule has 0 amide bonds. The number of benzene rings is 1. The van der Waals surface area contributed by atoms with E-state index in [0.29, 0.717) is 10.8 Å². The van der Waals surface area contributed by atoms with Crippen LogP contribution in [0.15, 0.2) is 28.7 Å². The first-order valence-corrected chi connectivity index (χ1v) is 7.13.